The third kappa shape index (κ3) is 5.55. The van der Waals surface area contributed by atoms with Gasteiger partial charge in [0, 0.05) is 29.9 Å². The number of guanidine groups is 1. The summed E-state index contributed by atoms with van der Waals surface area (Å²) in [5.41, 5.74) is 0.657. The van der Waals surface area contributed by atoms with Crippen molar-refractivity contribution in [3.8, 4) is 0 Å². The number of imidazole rings is 1. The van der Waals surface area contributed by atoms with Gasteiger partial charge in [0.25, 0.3) is 0 Å². The molecule has 0 fully saturated rings. The molecule has 0 aliphatic carbocycles. The second-order valence-electron chi connectivity index (χ2n) is 6.17. The molecule has 2 heterocycles. The summed E-state index contributed by atoms with van der Waals surface area (Å²) >= 11 is 1.59. The predicted molar refractivity (Wildman–Crippen MR) is 93.8 cm³/mol. The molecule has 7 nitrogen and oxygen atoms in total. The molecule has 0 bridgehead atoms. The number of carbonyl (C=O) groups is 1. The lowest BCUT2D eigenvalue weighted by atomic mass is 10.1. The van der Waals surface area contributed by atoms with Gasteiger partial charge in [-0.1, -0.05) is 0 Å². The molecule has 0 atom stereocenters. The van der Waals surface area contributed by atoms with Crippen molar-refractivity contribution < 1.29 is 4.79 Å². The highest BCUT2D eigenvalue weighted by atomic mass is 32.1. The van der Waals surface area contributed by atoms with Crippen LogP contribution in [0, 0.1) is 0 Å². The maximum Gasteiger partial charge on any atom is 0.239 e. The number of nitrogens with zero attached hydrogens (tertiary/aromatic N) is 3. The Morgan fingerprint density at radius 1 is 1.39 bits per heavy atom. The molecule has 8 heteroatoms. The summed E-state index contributed by atoms with van der Waals surface area (Å²) in [6.07, 6.45) is 3.94. The van der Waals surface area contributed by atoms with Crippen LogP contribution in [0.1, 0.15) is 33.4 Å². The normalized spacial score (nSPS) is 12.4. The molecule has 0 unspecified atom stereocenters. The molecule has 0 saturated carbocycles. The number of fused-ring (bicyclic) bond motifs is 1. The van der Waals surface area contributed by atoms with E-state index in [0.717, 1.165) is 17.2 Å². The van der Waals surface area contributed by atoms with E-state index in [4.69, 9.17) is 0 Å². The molecule has 0 spiro atoms. The molecular formula is C15H24N6OS. The van der Waals surface area contributed by atoms with Crippen LogP contribution >= 0.6 is 11.3 Å². The van der Waals surface area contributed by atoms with Gasteiger partial charge >= 0.3 is 0 Å². The molecule has 3 N–H and O–H groups in total. The molecule has 0 radical (unpaired) electrons. The van der Waals surface area contributed by atoms with Crippen LogP contribution in [0.5, 0.6) is 0 Å². The third-order valence-corrected chi connectivity index (χ3v) is 3.59. The topological polar surface area (TPSA) is 82.8 Å². The number of amides is 1. The third-order valence-electron chi connectivity index (χ3n) is 2.82. The van der Waals surface area contributed by atoms with E-state index in [1.807, 2.05) is 49.9 Å². The van der Waals surface area contributed by atoms with Gasteiger partial charge in [0.2, 0.25) is 5.91 Å². The molecule has 23 heavy (non-hydrogen) atoms. The zero-order valence-corrected chi connectivity index (χ0v) is 14.8. The molecule has 0 aliphatic heterocycles. The van der Waals surface area contributed by atoms with E-state index in [0.29, 0.717) is 12.5 Å². The van der Waals surface area contributed by atoms with Crippen molar-refractivity contribution in [2.45, 2.75) is 39.8 Å². The second kappa shape index (κ2) is 7.45. The minimum atomic E-state index is -0.240. The highest BCUT2D eigenvalue weighted by Crippen LogP contribution is 2.11. The van der Waals surface area contributed by atoms with E-state index in [1.54, 1.807) is 11.3 Å². The summed E-state index contributed by atoms with van der Waals surface area (Å²) in [6.45, 7) is 9.22. The predicted octanol–water partition coefficient (Wildman–Crippen LogP) is 1.37. The minimum Gasteiger partial charge on any atom is -0.357 e. The molecule has 2 aromatic rings. The highest BCUT2D eigenvalue weighted by molar-refractivity contribution is 7.15. The number of rotatable bonds is 5. The maximum atomic E-state index is 11.9. The SMILES string of the molecule is CCNC(=NCc1cn2ccsc2n1)NCC(=O)NC(C)(C)C. The van der Waals surface area contributed by atoms with E-state index in [2.05, 4.69) is 25.9 Å². The van der Waals surface area contributed by atoms with Crippen LogP contribution in [0.2, 0.25) is 0 Å². The number of carbonyl (C=O) groups excluding carboxylic acids is 1. The highest BCUT2D eigenvalue weighted by Gasteiger charge is 2.13. The molecule has 0 saturated heterocycles. The first-order valence-corrected chi connectivity index (χ1v) is 8.49. The molecule has 0 aromatic carbocycles. The van der Waals surface area contributed by atoms with Crippen LogP contribution in [0.3, 0.4) is 0 Å². The molecule has 2 rings (SSSR count). The Morgan fingerprint density at radius 3 is 2.83 bits per heavy atom. The summed E-state index contributed by atoms with van der Waals surface area (Å²) in [5, 5.41) is 11.1. The number of aromatic nitrogens is 2. The second-order valence-corrected chi connectivity index (χ2v) is 7.05. The van der Waals surface area contributed by atoms with Crippen molar-refractivity contribution in [1.29, 1.82) is 0 Å². The van der Waals surface area contributed by atoms with Crippen molar-refractivity contribution in [2.75, 3.05) is 13.1 Å². The first kappa shape index (κ1) is 17.3. The van der Waals surface area contributed by atoms with E-state index in [1.165, 1.54) is 0 Å². The number of hydrogen-bond donors (Lipinski definition) is 3. The lowest BCUT2D eigenvalue weighted by molar-refractivity contribution is -0.121. The Labute approximate surface area is 140 Å². The zero-order valence-electron chi connectivity index (χ0n) is 14.0. The summed E-state index contributed by atoms with van der Waals surface area (Å²) in [6, 6.07) is 0. The van der Waals surface area contributed by atoms with Gasteiger partial charge in [0.05, 0.1) is 18.8 Å². The standard InChI is InChI=1S/C15H24N6OS/c1-5-16-13(18-9-12(22)20-15(2,3)4)17-8-11-10-21-6-7-23-14(21)19-11/h6-7,10H,5,8-9H2,1-4H3,(H,20,22)(H2,16,17,18). The van der Waals surface area contributed by atoms with Gasteiger partial charge in [0.15, 0.2) is 10.9 Å². The summed E-state index contributed by atoms with van der Waals surface area (Å²) in [7, 11) is 0. The van der Waals surface area contributed by atoms with Crippen LogP contribution in [-0.2, 0) is 11.3 Å². The number of thiazole rings is 1. The molecular weight excluding hydrogens is 312 g/mol. The number of aliphatic imine (C=N–C) groups is 1. The van der Waals surface area contributed by atoms with E-state index >= 15 is 0 Å². The van der Waals surface area contributed by atoms with Crippen LogP contribution in [-0.4, -0.2) is 39.9 Å². The Bertz CT molecular complexity index is 653. The van der Waals surface area contributed by atoms with E-state index in [9.17, 15) is 4.79 Å². The van der Waals surface area contributed by atoms with Gasteiger partial charge in [-0.15, -0.1) is 11.3 Å². The fourth-order valence-corrected chi connectivity index (χ4v) is 2.70. The molecule has 2 aromatic heterocycles. The average Bonchev–Trinajstić information content (AvgIpc) is 3.00. The summed E-state index contributed by atoms with van der Waals surface area (Å²) in [5.74, 6) is 0.540. The number of hydrogen-bond acceptors (Lipinski definition) is 4. The largest absolute Gasteiger partial charge is 0.357 e. The maximum absolute atomic E-state index is 11.9. The Morgan fingerprint density at radius 2 is 2.17 bits per heavy atom. The minimum absolute atomic E-state index is 0.0643. The summed E-state index contributed by atoms with van der Waals surface area (Å²) < 4.78 is 1.98. The van der Waals surface area contributed by atoms with Gasteiger partial charge in [-0.2, -0.15) is 0 Å². The van der Waals surface area contributed by atoms with E-state index in [-0.39, 0.29) is 18.0 Å². The van der Waals surface area contributed by atoms with Crippen LogP contribution in [0.15, 0.2) is 22.8 Å². The Kier molecular flexibility index (Phi) is 5.59. The average molecular weight is 336 g/mol. The van der Waals surface area contributed by atoms with Crippen molar-refractivity contribution in [1.82, 2.24) is 25.3 Å². The molecule has 1 amide bonds. The van der Waals surface area contributed by atoms with Gasteiger partial charge in [-0.05, 0) is 27.7 Å². The van der Waals surface area contributed by atoms with Crippen molar-refractivity contribution in [2.24, 2.45) is 4.99 Å². The molecule has 126 valence electrons. The molecule has 0 aliphatic rings. The smallest absolute Gasteiger partial charge is 0.239 e. The van der Waals surface area contributed by atoms with Crippen molar-refractivity contribution in [3.63, 3.8) is 0 Å². The number of nitrogens with one attached hydrogen (secondary N) is 3. The fourth-order valence-electron chi connectivity index (χ4n) is 1.98. The van der Waals surface area contributed by atoms with Crippen LogP contribution < -0.4 is 16.0 Å². The van der Waals surface area contributed by atoms with Gasteiger partial charge in [-0.25, -0.2) is 9.98 Å². The van der Waals surface area contributed by atoms with Crippen LogP contribution in [0.25, 0.3) is 4.96 Å². The Balaban J connectivity index is 1.91. The first-order valence-electron chi connectivity index (χ1n) is 7.61. The first-order chi connectivity index (χ1) is 10.9. The quantitative estimate of drug-likeness (QED) is 0.569. The van der Waals surface area contributed by atoms with Crippen LogP contribution in [0.4, 0.5) is 0 Å². The van der Waals surface area contributed by atoms with Gasteiger partial charge in [0.1, 0.15) is 0 Å². The Hall–Kier alpha value is -2.09. The van der Waals surface area contributed by atoms with Crippen molar-refractivity contribution >= 4 is 28.2 Å². The monoisotopic (exact) mass is 336 g/mol. The van der Waals surface area contributed by atoms with Gasteiger partial charge < -0.3 is 16.0 Å². The fraction of sp³-hybridized carbons (Fsp3) is 0.533. The van der Waals surface area contributed by atoms with E-state index < -0.39 is 0 Å². The summed E-state index contributed by atoms with van der Waals surface area (Å²) in [4.78, 5) is 21.8. The zero-order chi connectivity index (χ0) is 16.9. The van der Waals surface area contributed by atoms with Gasteiger partial charge in [-0.3, -0.25) is 9.20 Å². The lowest BCUT2D eigenvalue weighted by Gasteiger charge is -2.21. The lowest BCUT2D eigenvalue weighted by Crippen LogP contribution is -2.48. The van der Waals surface area contributed by atoms with Crippen molar-refractivity contribution in [3.05, 3.63) is 23.5 Å².